The normalized spacial score (nSPS) is 26.7. The van der Waals surface area contributed by atoms with Crippen molar-refractivity contribution in [3.05, 3.63) is 12.2 Å². The van der Waals surface area contributed by atoms with E-state index in [-0.39, 0.29) is 18.1 Å². The molecule has 0 aromatic carbocycles. The highest BCUT2D eigenvalue weighted by Crippen LogP contribution is 2.26. The van der Waals surface area contributed by atoms with Crippen LogP contribution in [0, 0.1) is 5.92 Å². The Kier molecular flexibility index (Phi) is 7.99. The minimum Gasteiger partial charge on any atom is -0.379 e. The molecule has 1 aliphatic rings. The Hall–Kier alpha value is -0.670. The highest BCUT2D eigenvalue weighted by atomic mass is 16.5. The Bertz CT molecular complexity index is 275. The summed E-state index contributed by atoms with van der Waals surface area (Å²) in [4.78, 5) is 10.5. The van der Waals surface area contributed by atoms with Gasteiger partial charge in [0.1, 0.15) is 6.29 Å². The van der Waals surface area contributed by atoms with Crippen LogP contribution in [0.3, 0.4) is 0 Å². The van der Waals surface area contributed by atoms with Gasteiger partial charge in [0.25, 0.3) is 0 Å². The van der Waals surface area contributed by atoms with E-state index >= 15 is 0 Å². The van der Waals surface area contributed by atoms with Crippen LogP contribution in [-0.4, -0.2) is 31.7 Å². The van der Waals surface area contributed by atoms with Crippen molar-refractivity contribution in [2.75, 3.05) is 7.11 Å². The van der Waals surface area contributed by atoms with Gasteiger partial charge in [0.05, 0.1) is 18.3 Å². The second-order valence-electron chi connectivity index (χ2n) is 5.55. The lowest BCUT2D eigenvalue weighted by molar-refractivity contribution is -0.110. The molecular weight excluding hydrogens is 240 g/mol. The van der Waals surface area contributed by atoms with Gasteiger partial charge < -0.3 is 14.3 Å². The van der Waals surface area contributed by atoms with Crippen LogP contribution in [0.2, 0.25) is 0 Å². The first kappa shape index (κ1) is 16.4. The van der Waals surface area contributed by atoms with Crippen LogP contribution in [0.25, 0.3) is 0 Å². The summed E-state index contributed by atoms with van der Waals surface area (Å²) in [5, 5.41) is 0. The maximum absolute atomic E-state index is 10.5. The van der Waals surface area contributed by atoms with Crippen LogP contribution >= 0.6 is 0 Å². The van der Waals surface area contributed by atoms with E-state index in [2.05, 4.69) is 19.1 Å². The third-order valence-electron chi connectivity index (χ3n) is 3.88. The summed E-state index contributed by atoms with van der Waals surface area (Å²) in [6.07, 6.45) is 12.6. The smallest absolute Gasteiger partial charge is 0.122 e. The summed E-state index contributed by atoms with van der Waals surface area (Å²) in [6, 6.07) is 0. The fraction of sp³-hybridized carbons (Fsp3) is 0.812. The molecule has 3 nitrogen and oxygen atoms in total. The number of rotatable bonds is 9. The third-order valence-corrected chi connectivity index (χ3v) is 3.88. The van der Waals surface area contributed by atoms with Crippen molar-refractivity contribution >= 4 is 6.29 Å². The van der Waals surface area contributed by atoms with E-state index in [0.29, 0.717) is 6.10 Å². The van der Waals surface area contributed by atoms with Crippen LogP contribution in [0.5, 0.6) is 0 Å². The fourth-order valence-electron chi connectivity index (χ4n) is 2.39. The molecule has 3 heteroatoms. The summed E-state index contributed by atoms with van der Waals surface area (Å²) < 4.78 is 11.3. The largest absolute Gasteiger partial charge is 0.379 e. The summed E-state index contributed by atoms with van der Waals surface area (Å²) in [5.41, 5.74) is 0. The second-order valence-corrected chi connectivity index (χ2v) is 5.55. The van der Waals surface area contributed by atoms with Crippen molar-refractivity contribution in [2.45, 2.75) is 70.7 Å². The number of allylic oxidation sites excluding steroid dienone is 2. The van der Waals surface area contributed by atoms with E-state index < -0.39 is 0 Å². The summed E-state index contributed by atoms with van der Waals surface area (Å²) in [7, 11) is 1.74. The number of hydrogen-bond donors (Lipinski definition) is 0. The van der Waals surface area contributed by atoms with Gasteiger partial charge in [-0.05, 0) is 45.4 Å². The molecule has 1 aliphatic heterocycles. The zero-order valence-corrected chi connectivity index (χ0v) is 12.5. The molecule has 1 rings (SSSR count). The fourth-order valence-corrected chi connectivity index (χ4v) is 2.39. The van der Waals surface area contributed by atoms with Crippen LogP contribution in [0.4, 0.5) is 0 Å². The molecule has 0 saturated carbocycles. The standard InChI is InChI=1S/C16H28O3/c1-13(12-17)8-6-4-5-7-9-15-10-11-16(19-15)14(2)18-3/h4-5,12-16H,6-11H2,1-3H3/b5-4-/t13-,14+,15+,16-/m0/s1. The SMILES string of the molecule is CO[C@H](C)[C@@H]1CC[C@@H](CC/C=C\CC[C@H](C)C=O)O1. The van der Waals surface area contributed by atoms with E-state index in [0.717, 1.165) is 44.8 Å². The number of ether oxygens (including phenoxy) is 2. The molecule has 0 aromatic heterocycles. The molecule has 1 fully saturated rings. The van der Waals surface area contributed by atoms with Crippen molar-refractivity contribution in [3.63, 3.8) is 0 Å². The number of methoxy groups -OCH3 is 1. The lowest BCUT2D eigenvalue weighted by Gasteiger charge is -2.18. The zero-order valence-electron chi connectivity index (χ0n) is 12.5. The van der Waals surface area contributed by atoms with Crippen LogP contribution in [-0.2, 0) is 14.3 Å². The molecule has 0 spiro atoms. The van der Waals surface area contributed by atoms with Gasteiger partial charge in [-0.1, -0.05) is 19.1 Å². The Morgan fingerprint density at radius 2 is 2.00 bits per heavy atom. The molecule has 0 unspecified atom stereocenters. The van der Waals surface area contributed by atoms with Gasteiger partial charge in [0.15, 0.2) is 0 Å². The molecule has 0 amide bonds. The molecule has 19 heavy (non-hydrogen) atoms. The van der Waals surface area contributed by atoms with Crippen LogP contribution in [0.15, 0.2) is 12.2 Å². The quantitative estimate of drug-likeness (QED) is 0.474. The first-order chi connectivity index (χ1) is 9.17. The van der Waals surface area contributed by atoms with Crippen molar-refractivity contribution < 1.29 is 14.3 Å². The molecule has 110 valence electrons. The lowest BCUT2D eigenvalue weighted by atomic mass is 10.1. The average Bonchev–Trinajstić information content (AvgIpc) is 2.90. The van der Waals surface area contributed by atoms with Gasteiger partial charge in [-0.25, -0.2) is 0 Å². The van der Waals surface area contributed by atoms with Crippen molar-refractivity contribution in [1.29, 1.82) is 0 Å². The minimum absolute atomic E-state index is 0.180. The monoisotopic (exact) mass is 268 g/mol. The number of hydrogen-bond acceptors (Lipinski definition) is 3. The van der Waals surface area contributed by atoms with Gasteiger partial charge in [-0.3, -0.25) is 0 Å². The highest BCUT2D eigenvalue weighted by Gasteiger charge is 2.28. The molecular formula is C16H28O3. The number of carbonyl (C=O) groups excluding carboxylic acids is 1. The van der Waals surface area contributed by atoms with E-state index in [4.69, 9.17) is 9.47 Å². The Morgan fingerprint density at radius 1 is 1.26 bits per heavy atom. The van der Waals surface area contributed by atoms with Crippen LogP contribution in [0.1, 0.15) is 52.4 Å². The Labute approximate surface area is 117 Å². The molecule has 0 radical (unpaired) electrons. The molecule has 1 saturated heterocycles. The predicted molar refractivity (Wildman–Crippen MR) is 77.2 cm³/mol. The van der Waals surface area contributed by atoms with Crippen molar-refractivity contribution in [3.8, 4) is 0 Å². The lowest BCUT2D eigenvalue weighted by Crippen LogP contribution is -2.25. The first-order valence-corrected chi connectivity index (χ1v) is 7.46. The number of aldehydes is 1. The van der Waals surface area contributed by atoms with Crippen molar-refractivity contribution in [2.24, 2.45) is 5.92 Å². The maximum Gasteiger partial charge on any atom is 0.122 e. The molecule has 0 aromatic rings. The third kappa shape index (κ3) is 6.35. The van der Waals surface area contributed by atoms with Gasteiger partial charge in [0, 0.05) is 13.0 Å². The topological polar surface area (TPSA) is 35.5 Å². The van der Waals surface area contributed by atoms with Gasteiger partial charge in [0.2, 0.25) is 0 Å². The first-order valence-electron chi connectivity index (χ1n) is 7.46. The van der Waals surface area contributed by atoms with Crippen molar-refractivity contribution in [1.82, 2.24) is 0 Å². The Balaban J connectivity index is 2.07. The van der Waals surface area contributed by atoms with E-state index in [1.807, 2.05) is 6.92 Å². The van der Waals surface area contributed by atoms with Gasteiger partial charge in [-0.2, -0.15) is 0 Å². The summed E-state index contributed by atoms with van der Waals surface area (Å²) in [5.74, 6) is 0.180. The number of carbonyl (C=O) groups is 1. The molecule has 0 bridgehead atoms. The van der Waals surface area contributed by atoms with Crippen LogP contribution < -0.4 is 0 Å². The molecule has 1 heterocycles. The van der Waals surface area contributed by atoms with E-state index in [1.165, 1.54) is 0 Å². The summed E-state index contributed by atoms with van der Waals surface area (Å²) in [6.45, 7) is 4.03. The average molecular weight is 268 g/mol. The molecule has 4 atom stereocenters. The van der Waals surface area contributed by atoms with E-state index in [9.17, 15) is 4.79 Å². The Morgan fingerprint density at radius 3 is 2.68 bits per heavy atom. The predicted octanol–water partition coefficient (Wildman–Crippen LogP) is 3.52. The second kappa shape index (κ2) is 9.27. The van der Waals surface area contributed by atoms with E-state index in [1.54, 1.807) is 7.11 Å². The minimum atomic E-state index is 0.180. The van der Waals surface area contributed by atoms with Gasteiger partial charge in [-0.15, -0.1) is 0 Å². The maximum atomic E-state index is 10.5. The molecule has 0 aliphatic carbocycles. The summed E-state index contributed by atoms with van der Waals surface area (Å²) >= 11 is 0. The molecule has 0 N–H and O–H groups in total. The van der Waals surface area contributed by atoms with Gasteiger partial charge >= 0.3 is 0 Å². The highest BCUT2D eigenvalue weighted by molar-refractivity contribution is 5.52. The zero-order chi connectivity index (χ0) is 14.1.